The van der Waals surface area contributed by atoms with Gasteiger partial charge in [0.05, 0.1) is 18.2 Å². The Morgan fingerprint density at radius 2 is 1.97 bits per heavy atom. The molecule has 3 aromatic rings. The summed E-state index contributed by atoms with van der Waals surface area (Å²) in [6.07, 6.45) is 0.340. The van der Waals surface area contributed by atoms with Crippen LogP contribution in [0.25, 0.3) is 5.65 Å². The van der Waals surface area contributed by atoms with E-state index in [4.69, 9.17) is 12.2 Å². The van der Waals surface area contributed by atoms with Crippen molar-refractivity contribution in [1.29, 1.82) is 0 Å². The fourth-order valence-electron chi connectivity index (χ4n) is 3.97. The van der Waals surface area contributed by atoms with E-state index in [2.05, 4.69) is 20.7 Å². The standard InChI is InChI=1S/C20H17F5N6OS/c21-9-1-2-12(22)11(5-9)13-6-10(32)8-30(13)15-3-4-31-18(27-15)16(17(23)29-31)28-19(33)26-14-7-20(14,24)25/h1-5,10,13-14,32H,6-8H2,(H2,26,28,33)/t10-,13+,14?/m0/s1. The van der Waals surface area contributed by atoms with Gasteiger partial charge in [-0.05, 0) is 42.9 Å². The first-order valence-corrected chi connectivity index (χ1v) is 10.4. The van der Waals surface area contributed by atoms with Crippen molar-refractivity contribution >= 4 is 34.5 Å². The van der Waals surface area contributed by atoms with Gasteiger partial charge in [0, 0.05) is 24.7 Å². The third-order valence-electron chi connectivity index (χ3n) is 5.69. The van der Waals surface area contributed by atoms with Crippen molar-refractivity contribution in [3.8, 4) is 0 Å². The molecule has 1 aliphatic carbocycles. The van der Waals surface area contributed by atoms with Crippen molar-refractivity contribution in [2.24, 2.45) is 0 Å². The molecular weight excluding hydrogens is 467 g/mol. The van der Waals surface area contributed by atoms with Gasteiger partial charge in [-0.25, -0.2) is 27.1 Å². The van der Waals surface area contributed by atoms with Gasteiger partial charge in [-0.3, -0.25) is 0 Å². The number of hydrogen-bond donors (Lipinski definition) is 3. The van der Waals surface area contributed by atoms with Gasteiger partial charge in [0.1, 0.15) is 23.1 Å². The topological polar surface area (TPSA) is 77.7 Å². The summed E-state index contributed by atoms with van der Waals surface area (Å²) in [5.74, 6) is -4.83. The number of nitrogens with one attached hydrogen (secondary N) is 2. The number of halogens is 5. The van der Waals surface area contributed by atoms with E-state index in [1.54, 1.807) is 4.90 Å². The average Bonchev–Trinajstić information content (AvgIpc) is 3.05. The molecule has 1 saturated heterocycles. The third kappa shape index (κ3) is 4.06. The van der Waals surface area contributed by atoms with E-state index in [9.17, 15) is 27.1 Å². The van der Waals surface area contributed by atoms with E-state index in [1.807, 2.05) is 0 Å². The molecule has 3 N–H and O–H groups in total. The summed E-state index contributed by atoms with van der Waals surface area (Å²) in [7, 11) is 0. The second-order valence-electron chi connectivity index (χ2n) is 8.06. The smallest absolute Gasteiger partial charge is 0.270 e. The van der Waals surface area contributed by atoms with Crippen LogP contribution in [0.15, 0.2) is 30.5 Å². The lowest BCUT2D eigenvalue weighted by Gasteiger charge is -2.26. The molecule has 5 rings (SSSR count). The summed E-state index contributed by atoms with van der Waals surface area (Å²) >= 11 is 5.00. The largest absolute Gasteiger partial charge is 0.391 e. The number of benzene rings is 1. The van der Waals surface area contributed by atoms with E-state index in [-0.39, 0.29) is 47.2 Å². The molecule has 1 aromatic carbocycles. The molecule has 2 aliphatic rings. The first kappa shape index (κ1) is 21.8. The van der Waals surface area contributed by atoms with Crippen LogP contribution in [0.2, 0.25) is 0 Å². The predicted molar refractivity (Wildman–Crippen MR) is 113 cm³/mol. The van der Waals surface area contributed by atoms with Gasteiger partial charge in [0.2, 0.25) is 0 Å². The maximum atomic E-state index is 14.5. The lowest BCUT2D eigenvalue weighted by molar-refractivity contribution is 0.110. The second-order valence-corrected chi connectivity index (χ2v) is 8.47. The van der Waals surface area contributed by atoms with Gasteiger partial charge in [-0.1, -0.05) is 0 Å². The molecule has 1 unspecified atom stereocenters. The van der Waals surface area contributed by atoms with E-state index >= 15 is 0 Å². The van der Waals surface area contributed by atoms with Gasteiger partial charge in [0.15, 0.2) is 10.8 Å². The Balaban J connectivity index is 1.46. The second kappa shape index (κ2) is 7.76. The van der Waals surface area contributed by atoms with Crippen LogP contribution in [0.4, 0.5) is 33.5 Å². The zero-order valence-corrected chi connectivity index (χ0v) is 17.6. The zero-order chi connectivity index (χ0) is 23.5. The number of aliphatic hydroxyl groups excluding tert-OH is 1. The highest BCUT2D eigenvalue weighted by atomic mass is 32.1. The van der Waals surface area contributed by atoms with Gasteiger partial charge < -0.3 is 20.6 Å². The summed E-state index contributed by atoms with van der Waals surface area (Å²) in [5.41, 5.74) is -0.176. The highest BCUT2D eigenvalue weighted by Crippen LogP contribution is 2.42. The lowest BCUT2D eigenvalue weighted by atomic mass is 10.0. The number of alkyl halides is 2. The molecular formula is C20H17F5N6OS. The molecule has 0 bridgehead atoms. The number of aromatic nitrogens is 3. The van der Waals surface area contributed by atoms with Crippen LogP contribution in [-0.2, 0) is 0 Å². The number of hydrogen-bond acceptors (Lipinski definition) is 5. The van der Waals surface area contributed by atoms with Crippen molar-refractivity contribution in [1.82, 2.24) is 19.9 Å². The molecule has 2 aromatic heterocycles. The van der Waals surface area contributed by atoms with Crippen LogP contribution in [0, 0.1) is 17.6 Å². The van der Waals surface area contributed by atoms with Crippen LogP contribution in [0.3, 0.4) is 0 Å². The molecule has 1 saturated carbocycles. The monoisotopic (exact) mass is 484 g/mol. The van der Waals surface area contributed by atoms with Crippen LogP contribution in [0.5, 0.6) is 0 Å². The van der Waals surface area contributed by atoms with Gasteiger partial charge in [0.25, 0.3) is 11.9 Å². The minimum atomic E-state index is -2.87. The van der Waals surface area contributed by atoms with Crippen molar-refractivity contribution in [3.63, 3.8) is 0 Å². The maximum Gasteiger partial charge on any atom is 0.270 e. The lowest BCUT2D eigenvalue weighted by Crippen LogP contribution is -2.33. The number of β-amino-alcohol motifs (C(OH)–C–C–N with tert-alkyl or cyclic N) is 1. The van der Waals surface area contributed by atoms with Crippen LogP contribution >= 0.6 is 12.2 Å². The van der Waals surface area contributed by atoms with E-state index < -0.39 is 41.7 Å². The SMILES string of the molecule is O[C@H]1C[C@H](c2cc(F)ccc2F)N(c2ccn3nc(F)c(NC(=S)NC4CC4(F)F)c3n2)C1. The summed E-state index contributed by atoms with van der Waals surface area (Å²) in [5, 5.41) is 18.6. The number of rotatable bonds is 4. The molecule has 7 nitrogen and oxygen atoms in total. The first-order valence-electron chi connectivity index (χ1n) is 10.0. The number of aliphatic hydroxyl groups is 1. The number of thiocarbonyl (C=S) groups is 1. The maximum absolute atomic E-state index is 14.5. The Bertz CT molecular complexity index is 1250. The Hall–Kier alpha value is -3.06. The fraction of sp³-hybridized carbons (Fsp3) is 0.350. The molecule has 1 aliphatic heterocycles. The molecule has 3 atom stereocenters. The Morgan fingerprint density at radius 3 is 2.70 bits per heavy atom. The van der Waals surface area contributed by atoms with Crippen molar-refractivity contribution in [3.05, 3.63) is 53.6 Å². The number of fused-ring (bicyclic) bond motifs is 1. The molecule has 33 heavy (non-hydrogen) atoms. The van der Waals surface area contributed by atoms with Crippen LogP contribution in [-0.4, -0.2) is 49.4 Å². The van der Waals surface area contributed by atoms with Crippen molar-refractivity contribution in [2.45, 2.75) is 37.0 Å². The summed E-state index contributed by atoms with van der Waals surface area (Å²) < 4.78 is 70.0. The quantitative estimate of drug-likeness (QED) is 0.388. The van der Waals surface area contributed by atoms with Crippen LogP contribution < -0.4 is 15.5 Å². The van der Waals surface area contributed by atoms with Gasteiger partial charge >= 0.3 is 0 Å². The van der Waals surface area contributed by atoms with Crippen molar-refractivity contribution in [2.75, 3.05) is 16.8 Å². The van der Waals surface area contributed by atoms with E-state index in [0.29, 0.717) is 0 Å². The van der Waals surface area contributed by atoms with Gasteiger partial charge in [-0.15, -0.1) is 5.10 Å². The highest BCUT2D eigenvalue weighted by Gasteiger charge is 2.57. The molecule has 0 radical (unpaired) electrons. The Morgan fingerprint density at radius 1 is 1.21 bits per heavy atom. The van der Waals surface area contributed by atoms with Crippen LogP contribution in [0.1, 0.15) is 24.4 Å². The third-order valence-corrected chi connectivity index (χ3v) is 5.91. The molecule has 2 fully saturated rings. The van der Waals surface area contributed by atoms with Gasteiger partial charge in [-0.2, -0.15) is 4.39 Å². The molecule has 0 amide bonds. The van der Waals surface area contributed by atoms with E-state index in [1.165, 1.54) is 12.3 Å². The molecule has 3 heterocycles. The molecule has 0 spiro atoms. The number of nitrogens with zero attached hydrogens (tertiary/aromatic N) is 4. The zero-order valence-electron chi connectivity index (χ0n) is 16.8. The average molecular weight is 484 g/mol. The molecule has 13 heteroatoms. The summed E-state index contributed by atoms with van der Waals surface area (Å²) in [6.45, 7) is 0.0832. The molecule has 174 valence electrons. The minimum absolute atomic E-state index is 0.00318. The summed E-state index contributed by atoms with van der Waals surface area (Å²) in [6, 6.07) is 2.73. The van der Waals surface area contributed by atoms with E-state index in [0.717, 1.165) is 22.7 Å². The Kier molecular flexibility index (Phi) is 5.12. The first-order chi connectivity index (χ1) is 15.6. The predicted octanol–water partition coefficient (Wildman–Crippen LogP) is 3.15. The highest BCUT2D eigenvalue weighted by molar-refractivity contribution is 7.80. The fourth-order valence-corrected chi connectivity index (χ4v) is 4.21. The summed E-state index contributed by atoms with van der Waals surface area (Å²) in [4.78, 5) is 5.96. The normalized spacial score (nSPS) is 23.7. The van der Waals surface area contributed by atoms with Crippen molar-refractivity contribution < 1.29 is 27.1 Å². The minimum Gasteiger partial charge on any atom is -0.391 e. The Labute approximate surface area is 189 Å². The number of anilines is 2.